The van der Waals surface area contributed by atoms with Gasteiger partial charge < -0.3 is 10.6 Å². The summed E-state index contributed by atoms with van der Waals surface area (Å²) in [5.74, 6) is 1.03. The van der Waals surface area contributed by atoms with E-state index in [1.165, 1.54) is 12.1 Å². The molecule has 26 heavy (non-hydrogen) atoms. The molecule has 0 aliphatic rings. The van der Waals surface area contributed by atoms with Crippen LogP contribution in [0.5, 0.6) is 0 Å². The van der Waals surface area contributed by atoms with E-state index in [4.69, 9.17) is 0 Å². The molecule has 6 heteroatoms. The van der Waals surface area contributed by atoms with E-state index >= 15 is 0 Å². The number of aromatic nitrogens is 3. The maximum atomic E-state index is 13.0. The van der Waals surface area contributed by atoms with Crippen LogP contribution < -0.4 is 10.6 Å². The number of anilines is 2. The fourth-order valence-corrected chi connectivity index (χ4v) is 2.38. The van der Waals surface area contributed by atoms with Crippen LogP contribution in [0.4, 0.5) is 16.2 Å². The van der Waals surface area contributed by atoms with Crippen molar-refractivity contribution in [2.75, 3.05) is 10.6 Å². The summed E-state index contributed by atoms with van der Waals surface area (Å²) >= 11 is 0. The van der Waals surface area contributed by atoms with E-state index in [-0.39, 0.29) is 11.9 Å². The Kier molecular flexibility index (Phi) is 5.73. The molecule has 0 aliphatic carbocycles. The molecule has 0 aliphatic heterocycles. The van der Waals surface area contributed by atoms with Gasteiger partial charge in [-0.15, -0.1) is 0 Å². The lowest BCUT2D eigenvalue weighted by atomic mass is 10.2. The number of hydrogen-bond donors (Lipinski definition) is 2. The number of rotatable bonds is 7. The number of halogens is 1. The van der Waals surface area contributed by atoms with Crippen molar-refractivity contribution in [1.29, 1.82) is 0 Å². The molecule has 0 fully saturated rings. The number of nitrogens with zero attached hydrogens (tertiary/aromatic N) is 3. The summed E-state index contributed by atoms with van der Waals surface area (Å²) in [4.78, 5) is 13.3. The van der Waals surface area contributed by atoms with Crippen LogP contribution in [0.2, 0.25) is 0 Å². The second-order valence-electron chi connectivity index (χ2n) is 6.14. The van der Waals surface area contributed by atoms with E-state index in [0.717, 1.165) is 23.2 Å². The Morgan fingerprint density at radius 2 is 1.92 bits per heavy atom. The number of nitrogens with one attached hydrogen (secondary N) is 2. The van der Waals surface area contributed by atoms with E-state index in [9.17, 15) is 4.39 Å². The molecule has 0 saturated heterocycles. The van der Waals surface area contributed by atoms with Gasteiger partial charge in [-0.25, -0.2) is 9.37 Å². The first-order valence-corrected chi connectivity index (χ1v) is 8.68. The van der Waals surface area contributed by atoms with Gasteiger partial charge in [0.25, 0.3) is 0 Å². The molecule has 3 aromatic rings. The fourth-order valence-electron chi connectivity index (χ4n) is 2.38. The highest BCUT2D eigenvalue weighted by atomic mass is 19.1. The Balaban J connectivity index is 1.85. The van der Waals surface area contributed by atoms with Gasteiger partial charge >= 0.3 is 0 Å². The summed E-state index contributed by atoms with van der Waals surface area (Å²) in [7, 11) is 0. The molecular weight excluding hydrogens is 329 g/mol. The Bertz CT molecular complexity index is 837. The van der Waals surface area contributed by atoms with E-state index in [0.29, 0.717) is 18.3 Å². The molecule has 1 atom stereocenters. The summed E-state index contributed by atoms with van der Waals surface area (Å²) in [6, 6.07) is 12.4. The summed E-state index contributed by atoms with van der Waals surface area (Å²) in [5, 5.41) is 6.60. The highest BCUT2D eigenvalue weighted by Crippen LogP contribution is 2.21. The van der Waals surface area contributed by atoms with E-state index in [1.807, 2.05) is 18.2 Å². The SMILES string of the molecule is CC[C@H](C)Nc1nc(NCc2ccc(F)cc2)cc(-c2cccnc2)n1. The normalized spacial score (nSPS) is 11.8. The Morgan fingerprint density at radius 3 is 2.62 bits per heavy atom. The smallest absolute Gasteiger partial charge is 0.225 e. The lowest BCUT2D eigenvalue weighted by Gasteiger charge is -2.14. The average molecular weight is 351 g/mol. The molecule has 0 amide bonds. The molecule has 2 aromatic heterocycles. The monoisotopic (exact) mass is 351 g/mol. The average Bonchev–Trinajstić information content (AvgIpc) is 2.68. The highest BCUT2D eigenvalue weighted by Gasteiger charge is 2.09. The summed E-state index contributed by atoms with van der Waals surface area (Å²) in [6.07, 6.45) is 4.48. The third-order valence-electron chi connectivity index (χ3n) is 4.06. The van der Waals surface area contributed by atoms with Crippen LogP contribution >= 0.6 is 0 Å². The molecular formula is C20H22FN5. The standard InChI is InChI=1S/C20H22FN5/c1-3-14(2)24-20-25-18(16-5-4-10-22-13-16)11-19(26-20)23-12-15-6-8-17(21)9-7-15/h4-11,13-14H,3,12H2,1-2H3,(H2,23,24,25,26)/t14-/m0/s1. The van der Waals surface area contributed by atoms with Crippen LogP contribution in [0.3, 0.4) is 0 Å². The maximum Gasteiger partial charge on any atom is 0.225 e. The Morgan fingerprint density at radius 1 is 1.12 bits per heavy atom. The molecule has 2 heterocycles. The van der Waals surface area contributed by atoms with Crippen LogP contribution in [-0.2, 0) is 6.54 Å². The molecule has 1 aromatic carbocycles. The van der Waals surface area contributed by atoms with Crippen LogP contribution in [0.25, 0.3) is 11.3 Å². The molecule has 0 radical (unpaired) electrons. The lowest BCUT2D eigenvalue weighted by molar-refractivity contribution is 0.627. The van der Waals surface area contributed by atoms with Crippen LogP contribution in [0, 0.1) is 5.82 Å². The van der Waals surface area contributed by atoms with Gasteiger partial charge in [-0.3, -0.25) is 4.98 Å². The minimum absolute atomic E-state index is 0.241. The highest BCUT2D eigenvalue weighted by molar-refractivity contribution is 5.63. The quantitative estimate of drug-likeness (QED) is 0.656. The van der Waals surface area contributed by atoms with E-state index in [2.05, 4.69) is 39.4 Å². The van der Waals surface area contributed by atoms with Gasteiger partial charge in [0.15, 0.2) is 0 Å². The van der Waals surface area contributed by atoms with Gasteiger partial charge in [-0.2, -0.15) is 4.98 Å². The zero-order chi connectivity index (χ0) is 18.4. The van der Waals surface area contributed by atoms with Crippen molar-refractivity contribution in [2.24, 2.45) is 0 Å². The van der Waals surface area contributed by atoms with Crippen molar-refractivity contribution in [3.63, 3.8) is 0 Å². The summed E-state index contributed by atoms with van der Waals surface area (Å²) in [5.41, 5.74) is 2.69. The lowest BCUT2D eigenvalue weighted by Crippen LogP contribution is -2.16. The Labute approximate surface area is 152 Å². The minimum atomic E-state index is -0.241. The van der Waals surface area contributed by atoms with Gasteiger partial charge in [-0.05, 0) is 43.2 Å². The fraction of sp³-hybridized carbons (Fsp3) is 0.250. The maximum absolute atomic E-state index is 13.0. The molecule has 0 spiro atoms. The first-order chi connectivity index (χ1) is 12.6. The predicted molar refractivity (Wildman–Crippen MR) is 102 cm³/mol. The Hall–Kier alpha value is -3.02. The number of hydrogen-bond acceptors (Lipinski definition) is 5. The van der Waals surface area contributed by atoms with Crippen molar-refractivity contribution in [1.82, 2.24) is 15.0 Å². The van der Waals surface area contributed by atoms with Gasteiger partial charge in [0.2, 0.25) is 5.95 Å². The zero-order valence-corrected chi connectivity index (χ0v) is 14.9. The van der Waals surface area contributed by atoms with Crippen LogP contribution in [0.15, 0.2) is 54.9 Å². The van der Waals surface area contributed by atoms with Gasteiger partial charge in [0.05, 0.1) is 5.69 Å². The molecule has 3 rings (SSSR count). The van der Waals surface area contributed by atoms with Crippen molar-refractivity contribution >= 4 is 11.8 Å². The largest absolute Gasteiger partial charge is 0.366 e. The van der Waals surface area contributed by atoms with Gasteiger partial charge in [0.1, 0.15) is 11.6 Å². The second-order valence-corrected chi connectivity index (χ2v) is 6.14. The first kappa shape index (κ1) is 17.8. The second kappa shape index (κ2) is 8.38. The van der Waals surface area contributed by atoms with Crippen molar-refractivity contribution in [3.8, 4) is 11.3 Å². The zero-order valence-electron chi connectivity index (χ0n) is 14.9. The van der Waals surface area contributed by atoms with Gasteiger partial charge in [-0.1, -0.05) is 19.1 Å². The first-order valence-electron chi connectivity index (χ1n) is 8.68. The molecule has 0 unspecified atom stereocenters. The molecule has 5 nitrogen and oxygen atoms in total. The minimum Gasteiger partial charge on any atom is -0.366 e. The molecule has 2 N–H and O–H groups in total. The summed E-state index contributed by atoms with van der Waals surface area (Å²) < 4.78 is 13.0. The predicted octanol–water partition coefficient (Wildman–Crippen LogP) is 4.50. The third-order valence-corrected chi connectivity index (χ3v) is 4.06. The summed E-state index contributed by atoms with van der Waals surface area (Å²) in [6.45, 7) is 4.74. The van der Waals surface area contributed by atoms with Crippen molar-refractivity contribution < 1.29 is 4.39 Å². The van der Waals surface area contributed by atoms with Crippen molar-refractivity contribution in [2.45, 2.75) is 32.9 Å². The van der Waals surface area contributed by atoms with Crippen molar-refractivity contribution in [3.05, 3.63) is 66.2 Å². The molecule has 0 bridgehead atoms. The van der Waals surface area contributed by atoms with Crippen LogP contribution in [-0.4, -0.2) is 21.0 Å². The topological polar surface area (TPSA) is 62.7 Å². The van der Waals surface area contributed by atoms with E-state index in [1.54, 1.807) is 24.5 Å². The number of pyridine rings is 1. The van der Waals surface area contributed by atoms with Crippen LogP contribution in [0.1, 0.15) is 25.8 Å². The van der Waals surface area contributed by atoms with E-state index < -0.39 is 0 Å². The van der Waals surface area contributed by atoms with Gasteiger partial charge in [0, 0.05) is 36.6 Å². The number of benzene rings is 1. The molecule has 134 valence electrons. The molecule has 0 saturated carbocycles. The third kappa shape index (κ3) is 4.75.